The van der Waals surface area contributed by atoms with Gasteiger partial charge in [-0.2, -0.15) is 0 Å². The van der Waals surface area contributed by atoms with Gasteiger partial charge in [-0.1, -0.05) is 13.7 Å². The molecule has 0 radical (unpaired) electrons. The molecule has 0 aromatic heterocycles. The van der Waals surface area contributed by atoms with Gasteiger partial charge in [0, 0.05) is 13.8 Å². The molecule has 14 heavy (non-hydrogen) atoms. The Morgan fingerprint density at radius 1 is 1.07 bits per heavy atom. The second-order valence-corrected chi connectivity index (χ2v) is 5.93. The number of nitrogens with two attached hydrogens (primary N) is 1. The Morgan fingerprint density at radius 3 is 2.07 bits per heavy atom. The summed E-state index contributed by atoms with van der Waals surface area (Å²) in [6.07, 6.45) is 3.27. The molecule has 0 amide bonds. The van der Waals surface area contributed by atoms with Crippen molar-refractivity contribution in [2.45, 2.75) is 57.8 Å². The molecule has 0 spiro atoms. The summed E-state index contributed by atoms with van der Waals surface area (Å²) in [5, 5.41) is 0. The van der Waals surface area contributed by atoms with Gasteiger partial charge in [0.15, 0.2) is 0 Å². The van der Waals surface area contributed by atoms with E-state index >= 15 is 0 Å². The third kappa shape index (κ3) is 1.40. The van der Waals surface area contributed by atoms with Crippen LogP contribution in [0.15, 0.2) is 0 Å². The van der Waals surface area contributed by atoms with E-state index in [0.717, 1.165) is 6.42 Å². The summed E-state index contributed by atoms with van der Waals surface area (Å²) in [4.78, 5) is 0. The summed E-state index contributed by atoms with van der Waals surface area (Å²) in [6, 6.07) is 0. The van der Waals surface area contributed by atoms with Gasteiger partial charge in [0.2, 0.25) is 0 Å². The fourth-order valence-corrected chi connectivity index (χ4v) is 4.51. The van der Waals surface area contributed by atoms with E-state index in [1.165, 1.54) is 0 Å². The Hall–Kier alpha value is 0.250. The highest BCUT2D eigenvalue weighted by Gasteiger charge is 2.58. The molecule has 1 nitrogen and oxygen atoms in total. The minimum atomic E-state index is -2.10. The van der Waals surface area contributed by atoms with Crippen molar-refractivity contribution >= 4 is 12.4 Å². The quantitative estimate of drug-likeness (QED) is 0.628. The molecular weight excluding hydrogens is 196 g/mol. The van der Waals surface area contributed by atoms with Crippen LogP contribution in [0, 0.1) is 16.7 Å². The van der Waals surface area contributed by atoms with Gasteiger partial charge in [-0.25, -0.2) is 0 Å². The van der Waals surface area contributed by atoms with E-state index < -0.39 is 30.1 Å². The van der Waals surface area contributed by atoms with Crippen molar-refractivity contribution in [2.75, 3.05) is 0 Å². The van der Waals surface area contributed by atoms with Crippen molar-refractivity contribution < 1.29 is 8.22 Å². The molecular formula is C12H22ClN. The third-order valence-electron chi connectivity index (χ3n) is 4.11. The first kappa shape index (κ1) is 5.54. The van der Waals surface area contributed by atoms with Gasteiger partial charge in [-0.15, -0.1) is 12.4 Å². The van der Waals surface area contributed by atoms with Crippen LogP contribution in [0.2, 0.25) is 0 Å². The third-order valence-corrected chi connectivity index (χ3v) is 4.11. The molecule has 2 N–H and O–H groups in total. The molecule has 2 unspecified atom stereocenters. The van der Waals surface area contributed by atoms with Gasteiger partial charge < -0.3 is 5.73 Å². The largest absolute Gasteiger partial charge is 0.325 e. The Labute approximate surface area is 102 Å². The van der Waals surface area contributed by atoms with Crippen LogP contribution in [-0.2, 0) is 0 Å². The summed E-state index contributed by atoms with van der Waals surface area (Å²) in [5.41, 5.74) is 4.07. The summed E-state index contributed by atoms with van der Waals surface area (Å²) in [6.45, 7) is -4.21. The summed E-state index contributed by atoms with van der Waals surface area (Å²) >= 11 is 0. The Bertz CT molecular complexity index is 387. The van der Waals surface area contributed by atoms with Crippen LogP contribution in [0.25, 0.3) is 0 Å². The van der Waals surface area contributed by atoms with Crippen LogP contribution >= 0.6 is 12.4 Å². The summed E-state index contributed by atoms with van der Waals surface area (Å²) in [5.74, 6) is 0.169. The van der Waals surface area contributed by atoms with Crippen LogP contribution in [0.5, 0.6) is 0 Å². The molecule has 4 aliphatic rings. The van der Waals surface area contributed by atoms with Crippen molar-refractivity contribution in [3.63, 3.8) is 0 Å². The van der Waals surface area contributed by atoms with Crippen molar-refractivity contribution in [2.24, 2.45) is 22.5 Å². The van der Waals surface area contributed by atoms with Crippen LogP contribution < -0.4 is 5.73 Å². The maximum atomic E-state index is 7.88. The molecule has 2 atom stereocenters. The average molecular weight is 224 g/mol. The molecule has 4 aliphatic carbocycles. The highest BCUT2D eigenvalue weighted by molar-refractivity contribution is 5.85. The molecule has 0 saturated heterocycles. The minimum Gasteiger partial charge on any atom is -0.325 e. The van der Waals surface area contributed by atoms with Gasteiger partial charge in [-0.3, -0.25) is 0 Å². The zero-order valence-corrected chi connectivity index (χ0v) is 9.12. The highest BCUT2D eigenvalue weighted by Crippen LogP contribution is 2.65. The normalized spacial score (nSPS) is 67.9. The van der Waals surface area contributed by atoms with Gasteiger partial charge >= 0.3 is 0 Å². The van der Waals surface area contributed by atoms with E-state index in [-0.39, 0.29) is 18.3 Å². The maximum absolute atomic E-state index is 7.88. The monoisotopic (exact) mass is 223 g/mol. The molecule has 4 rings (SSSR count). The van der Waals surface area contributed by atoms with E-state index in [4.69, 9.17) is 14.0 Å². The van der Waals surface area contributed by atoms with Gasteiger partial charge in [0.1, 0.15) is 0 Å². The number of rotatable bonds is 0. The molecule has 0 aliphatic heterocycles. The van der Waals surface area contributed by atoms with Crippen molar-refractivity contribution in [3.05, 3.63) is 0 Å². The smallest absolute Gasteiger partial charge is 0.0236 e. The van der Waals surface area contributed by atoms with E-state index in [9.17, 15) is 0 Å². The Morgan fingerprint density at radius 2 is 1.64 bits per heavy atom. The lowest BCUT2D eigenvalue weighted by molar-refractivity contribution is -0.104. The molecule has 2 heteroatoms. The Kier molecular flexibility index (Phi) is 1.06. The van der Waals surface area contributed by atoms with Crippen LogP contribution in [0.3, 0.4) is 0 Å². The number of hydrogen-bond acceptors (Lipinski definition) is 1. The van der Waals surface area contributed by atoms with E-state index in [2.05, 4.69) is 0 Å². The van der Waals surface area contributed by atoms with Crippen LogP contribution in [0.4, 0.5) is 0 Å². The molecule has 0 aromatic carbocycles. The fourth-order valence-electron chi connectivity index (χ4n) is 4.51. The first-order chi connectivity index (χ1) is 8.41. The summed E-state index contributed by atoms with van der Waals surface area (Å²) < 4.78 is 47.3. The Balaban J connectivity index is 0.00000147. The lowest BCUT2D eigenvalue weighted by Crippen LogP contribution is -2.62. The second-order valence-electron chi connectivity index (χ2n) is 5.93. The second kappa shape index (κ2) is 2.68. The number of hydrogen-bond donors (Lipinski definition) is 1. The topological polar surface area (TPSA) is 26.0 Å². The first-order valence-corrected chi connectivity index (χ1v) is 5.20. The lowest BCUT2D eigenvalue weighted by atomic mass is 9.46. The fraction of sp³-hybridized carbons (Fsp3) is 1.00. The van der Waals surface area contributed by atoms with Crippen molar-refractivity contribution in [1.29, 1.82) is 0 Å². The zero-order chi connectivity index (χ0) is 14.3. The SMILES string of the molecule is Cl.[2H][13C]([2H])([2H])C12CC3CC(N)(C1)CC([13C]([2H])([2H])[2H])(C3)C2. The molecule has 4 bridgehead atoms. The van der Waals surface area contributed by atoms with Crippen molar-refractivity contribution in [3.8, 4) is 0 Å². The van der Waals surface area contributed by atoms with Gasteiger partial charge in [-0.05, 0) is 55.3 Å². The van der Waals surface area contributed by atoms with Crippen LogP contribution in [-0.4, -0.2) is 5.54 Å². The molecule has 4 saturated carbocycles. The van der Waals surface area contributed by atoms with E-state index in [1.54, 1.807) is 0 Å². The van der Waals surface area contributed by atoms with Gasteiger partial charge in [0.05, 0.1) is 0 Å². The predicted molar refractivity (Wildman–Crippen MR) is 61.6 cm³/mol. The molecule has 0 aromatic rings. The molecule has 82 valence electrons. The minimum absolute atomic E-state index is 0. The predicted octanol–water partition coefficient (Wildman–Crippen LogP) is 3.12. The maximum Gasteiger partial charge on any atom is 0.0236 e. The molecule has 0 heterocycles. The van der Waals surface area contributed by atoms with E-state index in [1.807, 2.05) is 0 Å². The first-order valence-electron chi connectivity index (χ1n) is 8.20. The van der Waals surface area contributed by atoms with Crippen molar-refractivity contribution in [1.82, 2.24) is 0 Å². The standard InChI is InChI=1S/C12H21N.ClH/c1-10-3-9-4-11(2,6-10)8-12(13,5-9)7-10;/h9H,3-8,13H2,1-2H3;1H/i1+1D3,2+1D3;. The van der Waals surface area contributed by atoms with E-state index in [0.29, 0.717) is 32.1 Å². The average Bonchev–Trinajstić information content (AvgIpc) is 2.09. The molecule has 4 fully saturated rings. The zero-order valence-electron chi connectivity index (χ0n) is 14.3. The number of halogens is 1. The summed E-state index contributed by atoms with van der Waals surface area (Å²) in [7, 11) is 0. The lowest BCUT2D eigenvalue weighted by Gasteiger charge is -2.64. The highest BCUT2D eigenvalue weighted by atomic mass is 35.5. The van der Waals surface area contributed by atoms with Gasteiger partial charge in [0.25, 0.3) is 0 Å². The van der Waals surface area contributed by atoms with Crippen LogP contribution in [0.1, 0.15) is 60.5 Å².